The molecule has 0 spiro atoms. The fraction of sp³-hybridized carbons (Fsp3) is 0.929. The van der Waals surface area contributed by atoms with E-state index in [0.717, 1.165) is 6.42 Å². The smallest absolute Gasteiger partial charge is 0.391 e. The Labute approximate surface area is 123 Å². The van der Waals surface area contributed by atoms with Gasteiger partial charge in [-0.25, -0.2) is 0 Å². The largest absolute Gasteiger partial charge is 0.465 e. The molecule has 0 aromatic rings. The molecule has 122 valence electrons. The molecule has 3 unspecified atom stereocenters. The molecule has 4 nitrogen and oxygen atoms in total. The number of nitrogens with zero attached hydrogens (tertiary/aromatic N) is 1. The van der Waals surface area contributed by atoms with Crippen LogP contribution in [-0.2, 0) is 9.53 Å². The van der Waals surface area contributed by atoms with E-state index in [9.17, 15) is 18.0 Å². The van der Waals surface area contributed by atoms with Crippen LogP contribution in [-0.4, -0.2) is 55.4 Å². The third kappa shape index (κ3) is 4.10. The molecule has 21 heavy (non-hydrogen) atoms. The van der Waals surface area contributed by atoms with Gasteiger partial charge in [0.2, 0.25) is 0 Å². The van der Waals surface area contributed by atoms with Crippen LogP contribution in [0, 0.1) is 5.92 Å². The second-order valence-electron chi connectivity index (χ2n) is 5.77. The number of nitrogens with one attached hydrogen (secondary N) is 1. The molecule has 0 radical (unpaired) electrons. The molecule has 1 aliphatic heterocycles. The number of carbonyl (C=O) groups is 1. The maximum absolute atomic E-state index is 12.9. The average Bonchev–Trinajstić information content (AvgIpc) is 2.47. The minimum absolute atomic E-state index is 0.0966. The molecule has 1 aliphatic carbocycles. The van der Waals surface area contributed by atoms with Crippen LogP contribution < -0.4 is 5.32 Å². The van der Waals surface area contributed by atoms with E-state index in [4.69, 9.17) is 4.74 Å². The van der Waals surface area contributed by atoms with Gasteiger partial charge >= 0.3 is 12.1 Å². The number of rotatable bonds is 3. The summed E-state index contributed by atoms with van der Waals surface area (Å²) in [4.78, 5) is 13.9. The molecule has 0 aromatic heterocycles. The summed E-state index contributed by atoms with van der Waals surface area (Å²) in [5, 5.41) is 3.12. The standard InChI is InChI=1S/C14H23F3N2O2/c1-2-21-13(20)12-9-18-6-7-19(12)11-5-3-4-10(8-11)14(15,16)17/h10-12,18H,2-9H2,1H3. The molecule has 1 heterocycles. The zero-order valence-corrected chi connectivity index (χ0v) is 12.3. The molecule has 1 saturated heterocycles. The van der Waals surface area contributed by atoms with Gasteiger partial charge in [-0.15, -0.1) is 0 Å². The Kier molecular flexibility index (Phi) is 5.48. The van der Waals surface area contributed by atoms with Gasteiger partial charge in [0.25, 0.3) is 0 Å². The highest BCUT2D eigenvalue weighted by Gasteiger charge is 2.45. The molecule has 1 saturated carbocycles. The van der Waals surface area contributed by atoms with Crippen LogP contribution in [0.4, 0.5) is 13.2 Å². The van der Waals surface area contributed by atoms with Crippen LogP contribution in [0.1, 0.15) is 32.6 Å². The van der Waals surface area contributed by atoms with Crippen molar-refractivity contribution in [1.29, 1.82) is 0 Å². The van der Waals surface area contributed by atoms with Gasteiger partial charge in [-0.05, 0) is 26.2 Å². The van der Waals surface area contributed by atoms with Crippen molar-refractivity contribution in [3.05, 3.63) is 0 Å². The Hall–Kier alpha value is -0.820. The number of hydrogen-bond acceptors (Lipinski definition) is 4. The molecule has 0 bridgehead atoms. The Morgan fingerprint density at radius 1 is 1.38 bits per heavy atom. The third-order valence-corrected chi connectivity index (χ3v) is 4.42. The number of piperazine rings is 1. The first-order valence-corrected chi connectivity index (χ1v) is 7.63. The van der Waals surface area contributed by atoms with E-state index < -0.39 is 18.1 Å². The summed E-state index contributed by atoms with van der Waals surface area (Å²) in [5.74, 6) is -1.58. The second-order valence-corrected chi connectivity index (χ2v) is 5.77. The van der Waals surface area contributed by atoms with Crippen LogP contribution in [0.15, 0.2) is 0 Å². The molecule has 1 N–H and O–H groups in total. The maximum atomic E-state index is 12.9. The molecular formula is C14H23F3N2O2. The Balaban J connectivity index is 2.04. The number of carbonyl (C=O) groups excluding carboxylic acids is 1. The number of hydrogen-bond donors (Lipinski definition) is 1. The van der Waals surface area contributed by atoms with Gasteiger partial charge in [0, 0.05) is 25.7 Å². The van der Waals surface area contributed by atoms with Crippen molar-refractivity contribution in [2.24, 2.45) is 5.92 Å². The van der Waals surface area contributed by atoms with Crippen molar-refractivity contribution >= 4 is 5.97 Å². The molecule has 0 aromatic carbocycles. The highest BCUT2D eigenvalue weighted by atomic mass is 19.4. The highest BCUT2D eigenvalue weighted by molar-refractivity contribution is 5.76. The molecule has 0 amide bonds. The van der Waals surface area contributed by atoms with Crippen molar-refractivity contribution in [1.82, 2.24) is 10.2 Å². The van der Waals surface area contributed by atoms with Gasteiger partial charge in [-0.1, -0.05) is 6.42 Å². The minimum atomic E-state index is -4.13. The number of halogens is 3. The molecule has 3 atom stereocenters. The summed E-state index contributed by atoms with van der Waals surface area (Å²) in [6.07, 6.45) is -2.54. The first kappa shape index (κ1) is 16.5. The molecule has 2 fully saturated rings. The lowest BCUT2D eigenvalue weighted by atomic mass is 9.83. The van der Waals surface area contributed by atoms with Crippen molar-refractivity contribution in [3.8, 4) is 0 Å². The van der Waals surface area contributed by atoms with Crippen molar-refractivity contribution in [2.75, 3.05) is 26.2 Å². The first-order valence-electron chi connectivity index (χ1n) is 7.63. The van der Waals surface area contributed by atoms with Gasteiger partial charge in [-0.3, -0.25) is 9.69 Å². The average molecular weight is 308 g/mol. The van der Waals surface area contributed by atoms with E-state index in [-0.39, 0.29) is 24.9 Å². The van der Waals surface area contributed by atoms with E-state index in [1.165, 1.54) is 0 Å². The summed E-state index contributed by atoms with van der Waals surface area (Å²) >= 11 is 0. The summed E-state index contributed by atoms with van der Waals surface area (Å²) in [5.41, 5.74) is 0. The van der Waals surface area contributed by atoms with E-state index in [2.05, 4.69) is 5.32 Å². The van der Waals surface area contributed by atoms with Crippen LogP contribution in [0.25, 0.3) is 0 Å². The monoisotopic (exact) mass is 308 g/mol. The van der Waals surface area contributed by atoms with Gasteiger partial charge in [0.05, 0.1) is 12.5 Å². The molecular weight excluding hydrogens is 285 g/mol. The molecule has 2 aliphatic rings. The summed E-state index contributed by atoms with van der Waals surface area (Å²) in [6.45, 7) is 3.77. The fourth-order valence-electron chi connectivity index (χ4n) is 3.38. The first-order chi connectivity index (χ1) is 9.93. The Morgan fingerprint density at radius 2 is 2.14 bits per heavy atom. The SMILES string of the molecule is CCOC(=O)C1CNCCN1C1CCCC(C(F)(F)F)C1. The zero-order valence-electron chi connectivity index (χ0n) is 12.3. The lowest BCUT2D eigenvalue weighted by Crippen LogP contribution is -2.59. The third-order valence-electron chi connectivity index (χ3n) is 4.42. The zero-order chi connectivity index (χ0) is 15.5. The van der Waals surface area contributed by atoms with Crippen molar-refractivity contribution in [2.45, 2.75) is 50.9 Å². The van der Waals surface area contributed by atoms with Gasteiger partial charge in [0.15, 0.2) is 0 Å². The van der Waals surface area contributed by atoms with Crippen molar-refractivity contribution in [3.63, 3.8) is 0 Å². The summed E-state index contributed by atoms with van der Waals surface area (Å²) in [7, 11) is 0. The van der Waals surface area contributed by atoms with Crippen LogP contribution in [0.3, 0.4) is 0 Å². The molecule has 7 heteroatoms. The maximum Gasteiger partial charge on any atom is 0.391 e. The molecule has 2 rings (SSSR count). The van der Waals surface area contributed by atoms with E-state index >= 15 is 0 Å². The lowest BCUT2D eigenvalue weighted by molar-refractivity contribution is -0.188. The summed E-state index contributed by atoms with van der Waals surface area (Å²) in [6, 6.07) is -0.641. The topological polar surface area (TPSA) is 41.6 Å². The second kappa shape index (κ2) is 6.96. The van der Waals surface area contributed by atoms with Gasteiger partial charge < -0.3 is 10.1 Å². The van der Waals surface area contributed by atoms with Crippen LogP contribution >= 0.6 is 0 Å². The predicted octanol–water partition coefficient (Wildman–Crippen LogP) is 1.94. The number of alkyl halides is 3. The minimum Gasteiger partial charge on any atom is -0.465 e. The van der Waals surface area contributed by atoms with E-state index in [0.29, 0.717) is 32.7 Å². The lowest BCUT2D eigenvalue weighted by Gasteiger charge is -2.43. The number of ether oxygens (including phenoxy) is 1. The fourth-order valence-corrected chi connectivity index (χ4v) is 3.38. The van der Waals surface area contributed by atoms with E-state index in [1.807, 2.05) is 4.90 Å². The normalized spacial score (nSPS) is 31.9. The number of esters is 1. The predicted molar refractivity (Wildman–Crippen MR) is 71.8 cm³/mol. The van der Waals surface area contributed by atoms with Crippen LogP contribution in [0.2, 0.25) is 0 Å². The van der Waals surface area contributed by atoms with Crippen molar-refractivity contribution < 1.29 is 22.7 Å². The Bertz CT molecular complexity index is 363. The Morgan fingerprint density at radius 3 is 2.81 bits per heavy atom. The summed E-state index contributed by atoms with van der Waals surface area (Å²) < 4.78 is 43.9. The van der Waals surface area contributed by atoms with Crippen LogP contribution in [0.5, 0.6) is 0 Å². The highest BCUT2D eigenvalue weighted by Crippen LogP contribution is 2.39. The van der Waals surface area contributed by atoms with Gasteiger partial charge in [-0.2, -0.15) is 13.2 Å². The van der Waals surface area contributed by atoms with Gasteiger partial charge in [0.1, 0.15) is 6.04 Å². The quantitative estimate of drug-likeness (QED) is 0.809. The van der Waals surface area contributed by atoms with E-state index in [1.54, 1.807) is 6.92 Å².